The standard InChI is InChI=1S/C15H24BrN5/c1-2-6-17-14-13(16)15(19-11-18-14)21-9-8-20-7-4-3-5-12(20)10-21/h11-12H,2-10H2,1H3,(H,17,18,19). The average Bonchev–Trinajstić information content (AvgIpc) is 2.53. The summed E-state index contributed by atoms with van der Waals surface area (Å²) in [7, 11) is 0. The van der Waals surface area contributed by atoms with Gasteiger partial charge in [-0.1, -0.05) is 13.3 Å². The molecule has 0 amide bonds. The fourth-order valence-corrected chi connectivity index (χ4v) is 3.89. The Kier molecular flexibility index (Phi) is 4.95. The van der Waals surface area contributed by atoms with Crippen LogP contribution in [0.5, 0.6) is 0 Å². The van der Waals surface area contributed by atoms with Crippen LogP contribution in [0.2, 0.25) is 0 Å². The Bertz CT molecular complexity index is 481. The molecule has 1 N–H and O–H groups in total. The summed E-state index contributed by atoms with van der Waals surface area (Å²) in [6, 6.07) is 0.696. The van der Waals surface area contributed by atoms with E-state index in [9.17, 15) is 0 Å². The van der Waals surface area contributed by atoms with Crippen LogP contribution in [0.15, 0.2) is 10.8 Å². The van der Waals surface area contributed by atoms with E-state index in [-0.39, 0.29) is 0 Å². The number of hydrogen-bond acceptors (Lipinski definition) is 5. The molecule has 0 saturated carbocycles. The summed E-state index contributed by atoms with van der Waals surface area (Å²) in [5.41, 5.74) is 0. The zero-order chi connectivity index (χ0) is 14.7. The quantitative estimate of drug-likeness (QED) is 0.901. The Morgan fingerprint density at radius 2 is 2.19 bits per heavy atom. The van der Waals surface area contributed by atoms with E-state index in [0.29, 0.717) is 6.04 Å². The van der Waals surface area contributed by atoms with Gasteiger partial charge in [-0.05, 0) is 41.7 Å². The van der Waals surface area contributed by atoms with E-state index in [4.69, 9.17) is 0 Å². The van der Waals surface area contributed by atoms with Crippen molar-refractivity contribution in [3.8, 4) is 0 Å². The van der Waals surface area contributed by atoms with Crippen molar-refractivity contribution < 1.29 is 0 Å². The molecule has 0 radical (unpaired) electrons. The molecule has 0 spiro atoms. The van der Waals surface area contributed by atoms with Gasteiger partial charge in [0.1, 0.15) is 22.4 Å². The van der Waals surface area contributed by atoms with Gasteiger partial charge in [-0.15, -0.1) is 0 Å². The lowest BCUT2D eigenvalue weighted by atomic mass is 9.99. The minimum absolute atomic E-state index is 0.696. The fraction of sp³-hybridized carbons (Fsp3) is 0.733. The van der Waals surface area contributed by atoms with E-state index in [1.54, 1.807) is 6.33 Å². The lowest BCUT2D eigenvalue weighted by molar-refractivity contribution is 0.133. The lowest BCUT2D eigenvalue weighted by Gasteiger charge is -2.44. The number of nitrogens with one attached hydrogen (secondary N) is 1. The van der Waals surface area contributed by atoms with Crippen LogP contribution in [-0.2, 0) is 0 Å². The second-order valence-corrected chi connectivity index (χ2v) is 6.71. The summed E-state index contributed by atoms with van der Waals surface area (Å²) >= 11 is 3.69. The Labute approximate surface area is 135 Å². The fourth-order valence-electron chi connectivity index (χ4n) is 3.30. The van der Waals surface area contributed by atoms with Gasteiger partial charge in [0.15, 0.2) is 0 Å². The summed E-state index contributed by atoms with van der Waals surface area (Å²) < 4.78 is 1.00. The SMILES string of the molecule is CCCNc1ncnc(N2CCN3CCCCC3C2)c1Br. The second-order valence-electron chi connectivity index (χ2n) is 5.92. The minimum Gasteiger partial charge on any atom is -0.369 e. The maximum absolute atomic E-state index is 4.52. The topological polar surface area (TPSA) is 44.3 Å². The molecule has 2 aliphatic rings. The van der Waals surface area contributed by atoms with Crippen LogP contribution in [0.1, 0.15) is 32.6 Å². The number of piperazine rings is 1. The molecule has 116 valence electrons. The van der Waals surface area contributed by atoms with Gasteiger partial charge in [0, 0.05) is 32.2 Å². The molecule has 3 rings (SSSR count). The lowest BCUT2D eigenvalue weighted by Crippen LogP contribution is -2.55. The molecule has 21 heavy (non-hydrogen) atoms. The molecule has 2 saturated heterocycles. The maximum atomic E-state index is 4.52. The first-order valence-corrected chi connectivity index (χ1v) is 8.82. The predicted octanol–water partition coefficient (Wildman–Crippen LogP) is 2.74. The first-order chi connectivity index (χ1) is 10.3. The van der Waals surface area contributed by atoms with Crippen molar-refractivity contribution in [1.82, 2.24) is 14.9 Å². The molecule has 2 aliphatic heterocycles. The molecule has 1 aromatic rings. The molecule has 0 aromatic carbocycles. The van der Waals surface area contributed by atoms with E-state index < -0.39 is 0 Å². The zero-order valence-electron chi connectivity index (χ0n) is 12.7. The number of aromatic nitrogens is 2. The summed E-state index contributed by atoms with van der Waals surface area (Å²) in [5, 5.41) is 3.36. The van der Waals surface area contributed by atoms with Crippen molar-refractivity contribution in [3.05, 3.63) is 10.8 Å². The smallest absolute Gasteiger partial charge is 0.148 e. The Morgan fingerprint density at radius 3 is 3.05 bits per heavy atom. The van der Waals surface area contributed by atoms with Crippen molar-refractivity contribution in [2.75, 3.05) is 42.9 Å². The molecule has 1 aromatic heterocycles. The number of nitrogens with zero attached hydrogens (tertiary/aromatic N) is 4. The van der Waals surface area contributed by atoms with Crippen LogP contribution in [0, 0.1) is 0 Å². The van der Waals surface area contributed by atoms with Gasteiger partial charge in [-0.2, -0.15) is 0 Å². The minimum atomic E-state index is 0.696. The molecule has 1 atom stereocenters. The van der Waals surface area contributed by atoms with Crippen molar-refractivity contribution in [2.45, 2.75) is 38.6 Å². The van der Waals surface area contributed by atoms with Gasteiger partial charge in [-0.3, -0.25) is 4.90 Å². The van der Waals surface area contributed by atoms with E-state index >= 15 is 0 Å². The summed E-state index contributed by atoms with van der Waals surface area (Å²) in [5.74, 6) is 1.95. The summed E-state index contributed by atoms with van der Waals surface area (Å²) in [6.45, 7) is 7.66. The van der Waals surface area contributed by atoms with Crippen molar-refractivity contribution in [3.63, 3.8) is 0 Å². The highest BCUT2D eigenvalue weighted by molar-refractivity contribution is 9.10. The number of hydrogen-bond donors (Lipinski definition) is 1. The summed E-state index contributed by atoms with van der Waals surface area (Å²) in [4.78, 5) is 13.9. The highest BCUT2D eigenvalue weighted by Gasteiger charge is 2.30. The van der Waals surface area contributed by atoms with Crippen molar-refractivity contribution >= 4 is 27.6 Å². The van der Waals surface area contributed by atoms with E-state index in [2.05, 4.69) is 47.9 Å². The molecular formula is C15H24BrN5. The normalized spacial score (nSPS) is 23.0. The van der Waals surface area contributed by atoms with Crippen LogP contribution in [-0.4, -0.2) is 53.6 Å². The first-order valence-electron chi connectivity index (χ1n) is 8.03. The van der Waals surface area contributed by atoms with Gasteiger partial charge in [0.25, 0.3) is 0 Å². The maximum Gasteiger partial charge on any atom is 0.148 e. The monoisotopic (exact) mass is 353 g/mol. The number of fused-ring (bicyclic) bond motifs is 1. The first kappa shape index (κ1) is 15.0. The molecule has 2 fully saturated rings. The number of rotatable bonds is 4. The van der Waals surface area contributed by atoms with Gasteiger partial charge < -0.3 is 10.2 Å². The second kappa shape index (κ2) is 6.92. The third-order valence-electron chi connectivity index (χ3n) is 4.45. The molecule has 6 heteroatoms. The zero-order valence-corrected chi connectivity index (χ0v) is 14.3. The molecule has 1 unspecified atom stereocenters. The van der Waals surface area contributed by atoms with Gasteiger partial charge in [0.05, 0.1) is 0 Å². The van der Waals surface area contributed by atoms with Crippen LogP contribution >= 0.6 is 15.9 Å². The van der Waals surface area contributed by atoms with Crippen LogP contribution < -0.4 is 10.2 Å². The molecular weight excluding hydrogens is 330 g/mol. The number of piperidine rings is 1. The van der Waals surface area contributed by atoms with Crippen molar-refractivity contribution in [1.29, 1.82) is 0 Å². The van der Waals surface area contributed by atoms with Crippen molar-refractivity contribution in [2.24, 2.45) is 0 Å². The molecule has 5 nitrogen and oxygen atoms in total. The van der Waals surface area contributed by atoms with E-state index in [1.807, 2.05) is 0 Å². The van der Waals surface area contributed by atoms with Gasteiger partial charge >= 0.3 is 0 Å². The highest BCUT2D eigenvalue weighted by atomic mass is 79.9. The van der Waals surface area contributed by atoms with Crippen LogP contribution in [0.4, 0.5) is 11.6 Å². The number of halogens is 1. The predicted molar refractivity (Wildman–Crippen MR) is 89.9 cm³/mol. The van der Waals surface area contributed by atoms with Gasteiger partial charge in [0.2, 0.25) is 0 Å². The van der Waals surface area contributed by atoms with Crippen LogP contribution in [0.3, 0.4) is 0 Å². The number of anilines is 2. The van der Waals surface area contributed by atoms with Crippen LogP contribution in [0.25, 0.3) is 0 Å². The Hall–Kier alpha value is -0.880. The van der Waals surface area contributed by atoms with Gasteiger partial charge in [-0.25, -0.2) is 9.97 Å². The Balaban J connectivity index is 1.74. The molecule has 0 aliphatic carbocycles. The summed E-state index contributed by atoms with van der Waals surface area (Å²) in [6.07, 6.45) is 6.81. The molecule has 0 bridgehead atoms. The highest BCUT2D eigenvalue weighted by Crippen LogP contribution is 2.32. The Morgan fingerprint density at radius 1 is 1.29 bits per heavy atom. The third kappa shape index (κ3) is 3.31. The largest absolute Gasteiger partial charge is 0.369 e. The average molecular weight is 354 g/mol. The molecule has 3 heterocycles. The third-order valence-corrected chi connectivity index (χ3v) is 5.18. The van der Waals surface area contributed by atoms with E-state index in [0.717, 1.165) is 48.7 Å². The van der Waals surface area contributed by atoms with E-state index in [1.165, 1.54) is 25.8 Å².